The fraction of sp³-hybridized carbons (Fsp3) is 0.667. The first-order chi connectivity index (χ1) is 8.46. The van der Waals surface area contributed by atoms with Gasteiger partial charge in [0.15, 0.2) is 0 Å². The molecule has 2 rings (SSSR count). The second kappa shape index (κ2) is 5.27. The Balaban J connectivity index is 1.89. The summed E-state index contributed by atoms with van der Waals surface area (Å²) in [6.07, 6.45) is 7.18. The quantitative estimate of drug-likeness (QED) is 0.892. The molecule has 0 atom stereocenters. The van der Waals surface area contributed by atoms with Crippen LogP contribution in [0.15, 0.2) is 18.3 Å². The van der Waals surface area contributed by atoms with E-state index >= 15 is 0 Å². The number of nitrogen functional groups attached to an aromatic ring is 1. The van der Waals surface area contributed by atoms with E-state index in [4.69, 9.17) is 5.73 Å². The summed E-state index contributed by atoms with van der Waals surface area (Å²) in [4.78, 5) is 6.61. The number of hydrogen-bond donors (Lipinski definition) is 1. The minimum Gasteiger partial charge on any atom is -0.384 e. The molecule has 0 amide bonds. The van der Waals surface area contributed by atoms with E-state index in [1.54, 1.807) is 0 Å². The lowest BCUT2D eigenvalue weighted by atomic mass is 9.75. The predicted molar refractivity (Wildman–Crippen MR) is 76.2 cm³/mol. The lowest BCUT2D eigenvalue weighted by Gasteiger charge is -2.38. The summed E-state index contributed by atoms with van der Waals surface area (Å²) < 4.78 is 0. The van der Waals surface area contributed by atoms with Crippen LogP contribution in [0.5, 0.6) is 0 Å². The standard InChI is InChI=1S/C15H25N3/c1-15(2)8-6-13(7-9-15)18(3)11-12-4-5-14(16)17-10-12/h4-5,10,13H,6-9,11H2,1-3H3,(H2,16,17). The first-order valence-corrected chi connectivity index (χ1v) is 6.87. The molecule has 1 aromatic rings. The van der Waals surface area contributed by atoms with Crippen LogP contribution in [0, 0.1) is 5.41 Å². The van der Waals surface area contributed by atoms with Gasteiger partial charge < -0.3 is 5.73 Å². The van der Waals surface area contributed by atoms with Crippen LogP contribution in [0.4, 0.5) is 5.82 Å². The molecule has 0 radical (unpaired) electrons. The van der Waals surface area contributed by atoms with Gasteiger partial charge in [-0.25, -0.2) is 4.98 Å². The highest BCUT2D eigenvalue weighted by molar-refractivity contribution is 5.29. The van der Waals surface area contributed by atoms with E-state index in [1.807, 2.05) is 12.3 Å². The van der Waals surface area contributed by atoms with Gasteiger partial charge in [0.2, 0.25) is 0 Å². The van der Waals surface area contributed by atoms with Crippen molar-refractivity contribution in [1.82, 2.24) is 9.88 Å². The topological polar surface area (TPSA) is 42.1 Å². The lowest BCUT2D eigenvalue weighted by Crippen LogP contribution is -2.36. The van der Waals surface area contributed by atoms with E-state index in [1.165, 1.54) is 31.2 Å². The van der Waals surface area contributed by atoms with Gasteiger partial charge in [-0.05, 0) is 49.8 Å². The maximum atomic E-state index is 5.61. The zero-order valence-electron chi connectivity index (χ0n) is 11.8. The molecule has 2 N–H and O–H groups in total. The molecule has 1 aliphatic rings. The number of aromatic nitrogens is 1. The fourth-order valence-corrected chi connectivity index (χ4v) is 2.77. The van der Waals surface area contributed by atoms with Crippen molar-refractivity contribution in [3.8, 4) is 0 Å². The number of hydrogen-bond acceptors (Lipinski definition) is 3. The van der Waals surface area contributed by atoms with Crippen molar-refractivity contribution < 1.29 is 0 Å². The molecule has 0 saturated heterocycles. The van der Waals surface area contributed by atoms with E-state index in [-0.39, 0.29) is 0 Å². The van der Waals surface area contributed by atoms with Gasteiger partial charge in [-0.1, -0.05) is 19.9 Å². The molecule has 0 bridgehead atoms. The Kier molecular flexibility index (Phi) is 3.91. The number of anilines is 1. The summed E-state index contributed by atoms with van der Waals surface area (Å²) >= 11 is 0. The van der Waals surface area contributed by atoms with Crippen molar-refractivity contribution in [1.29, 1.82) is 0 Å². The van der Waals surface area contributed by atoms with E-state index in [9.17, 15) is 0 Å². The summed E-state index contributed by atoms with van der Waals surface area (Å²) in [6, 6.07) is 4.68. The van der Waals surface area contributed by atoms with Crippen LogP contribution >= 0.6 is 0 Å². The zero-order chi connectivity index (χ0) is 13.2. The van der Waals surface area contributed by atoms with Gasteiger partial charge in [0.1, 0.15) is 5.82 Å². The molecule has 0 spiro atoms. The highest BCUT2D eigenvalue weighted by Gasteiger charge is 2.28. The zero-order valence-corrected chi connectivity index (χ0v) is 11.8. The van der Waals surface area contributed by atoms with E-state index in [0.29, 0.717) is 11.2 Å². The summed E-state index contributed by atoms with van der Waals surface area (Å²) in [7, 11) is 2.22. The third-order valence-corrected chi connectivity index (χ3v) is 4.21. The average molecular weight is 247 g/mol. The summed E-state index contributed by atoms with van der Waals surface area (Å²) in [5.41, 5.74) is 7.39. The predicted octanol–water partition coefficient (Wildman–Crippen LogP) is 3.06. The minimum absolute atomic E-state index is 0.542. The molecule has 0 aliphatic heterocycles. The van der Waals surface area contributed by atoms with Crippen LogP contribution in [0.25, 0.3) is 0 Å². The van der Waals surface area contributed by atoms with Crippen molar-refractivity contribution in [3.05, 3.63) is 23.9 Å². The van der Waals surface area contributed by atoms with Crippen LogP contribution in [0.3, 0.4) is 0 Å². The minimum atomic E-state index is 0.542. The molecule has 3 nitrogen and oxygen atoms in total. The summed E-state index contributed by atoms with van der Waals surface area (Å²) in [5.74, 6) is 0.598. The number of pyridine rings is 1. The Morgan fingerprint density at radius 3 is 2.56 bits per heavy atom. The van der Waals surface area contributed by atoms with Crippen LogP contribution in [0.2, 0.25) is 0 Å². The molecule has 100 valence electrons. The molecular formula is C15H25N3. The highest BCUT2D eigenvalue weighted by Crippen LogP contribution is 2.36. The fourth-order valence-electron chi connectivity index (χ4n) is 2.77. The molecule has 1 aromatic heterocycles. The second-order valence-corrected chi connectivity index (χ2v) is 6.40. The van der Waals surface area contributed by atoms with Crippen LogP contribution in [0.1, 0.15) is 45.1 Å². The number of nitrogens with zero attached hydrogens (tertiary/aromatic N) is 2. The Morgan fingerprint density at radius 1 is 1.33 bits per heavy atom. The van der Waals surface area contributed by atoms with Crippen molar-refractivity contribution >= 4 is 5.82 Å². The highest BCUT2D eigenvalue weighted by atomic mass is 15.1. The Bertz CT molecular complexity index is 373. The molecular weight excluding hydrogens is 222 g/mol. The molecule has 1 fully saturated rings. The lowest BCUT2D eigenvalue weighted by molar-refractivity contribution is 0.123. The van der Waals surface area contributed by atoms with Crippen molar-refractivity contribution in [2.24, 2.45) is 5.41 Å². The van der Waals surface area contributed by atoms with Gasteiger partial charge in [0, 0.05) is 18.8 Å². The van der Waals surface area contributed by atoms with Crippen molar-refractivity contribution in [2.45, 2.75) is 52.1 Å². The smallest absolute Gasteiger partial charge is 0.123 e. The third kappa shape index (κ3) is 3.45. The van der Waals surface area contributed by atoms with Gasteiger partial charge in [0.25, 0.3) is 0 Å². The first kappa shape index (κ1) is 13.3. The molecule has 18 heavy (non-hydrogen) atoms. The van der Waals surface area contributed by atoms with Crippen LogP contribution in [-0.4, -0.2) is 23.0 Å². The third-order valence-electron chi connectivity index (χ3n) is 4.21. The van der Waals surface area contributed by atoms with Gasteiger partial charge in [-0.3, -0.25) is 4.90 Å². The second-order valence-electron chi connectivity index (χ2n) is 6.40. The van der Waals surface area contributed by atoms with E-state index < -0.39 is 0 Å². The van der Waals surface area contributed by atoms with Crippen molar-refractivity contribution in [3.63, 3.8) is 0 Å². The van der Waals surface area contributed by atoms with Gasteiger partial charge in [-0.15, -0.1) is 0 Å². The van der Waals surface area contributed by atoms with Gasteiger partial charge in [-0.2, -0.15) is 0 Å². The SMILES string of the molecule is CN(Cc1ccc(N)nc1)C1CCC(C)(C)CC1. The Labute approximate surface area is 110 Å². The Hall–Kier alpha value is -1.09. The molecule has 1 heterocycles. The summed E-state index contributed by atoms with van der Waals surface area (Å²) in [5, 5.41) is 0. The van der Waals surface area contributed by atoms with Crippen LogP contribution < -0.4 is 5.73 Å². The first-order valence-electron chi connectivity index (χ1n) is 6.87. The van der Waals surface area contributed by atoms with Gasteiger partial charge in [0.05, 0.1) is 0 Å². The molecule has 1 saturated carbocycles. The van der Waals surface area contributed by atoms with E-state index in [0.717, 1.165) is 12.6 Å². The molecule has 0 aromatic carbocycles. The van der Waals surface area contributed by atoms with Crippen LogP contribution in [-0.2, 0) is 6.54 Å². The maximum Gasteiger partial charge on any atom is 0.123 e. The summed E-state index contributed by atoms with van der Waals surface area (Å²) in [6.45, 7) is 5.73. The monoisotopic (exact) mass is 247 g/mol. The normalized spacial score (nSPS) is 20.2. The average Bonchev–Trinajstić information content (AvgIpc) is 2.32. The maximum absolute atomic E-state index is 5.61. The van der Waals surface area contributed by atoms with Gasteiger partial charge >= 0.3 is 0 Å². The molecule has 1 aliphatic carbocycles. The molecule has 3 heteroatoms. The number of rotatable bonds is 3. The van der Waals surface area contributed by atoms with E-state index in [2.05, 4.69) is 36.8 Å². The number of nitrogens with two attached hydrogens (primary N) is 1. The Morgan fingerprint density at radius 2 is 2.00 bits per heavy atom. The largest absolute Gasteiger partial charge is 0.384 e. The van der Waals surface area contributed by atoms with Crippen molar-refractivity contribution in [2.75, 3.05) is 12.8 Å². The molecule has 0 unspecified atom stereocenters.